The van der Waals surface area contributed by atoms with Gasteiger partial charge in [0.05, 0.1) is 18.7 Å². The highest BCUT2D eigenvalue weighted by Crippen LogP contribution is 2.65. The lowest BCUT2D eigenvalue weighted by Crippen LogP contribution is -2.63. The first-order valence-electron chi connectivity index (χ1n) is 16.3. The average Bonchev–Trinajstić information content (AvgIpc) is 3.34. The molecule has 11 nitrogen and oxygen atoms in total. The molecule has 0 radical (unpaired) electrons. The molecule has 5 amide bonds. The summed E-state index contributed by atoms with van der Waals surface area (Å²) in [6.45, 7) is 15.5. The Kier molecular flexibility index (Phi) is 11.8. The molecule has 0 aromatic rings. The zero-order valence-electron chi connectivity index (χ0n) is 28.6. The van der Waals surface area contributed by atoms with E-state index in [9.17, 15) is 37.1 Å². The van der Waals surface area contributed by atoms with Gasteiger partial charge in [-0.1, -0.05) is 60.5 Å². The number of carbonyl (C=O) groups excluding carboxylic acids is 5. The predicted octanol–water partition coefficient (Wildman–Crippen LogP) is 3.48. The second-order valence-corrected chi connectivity index (χ2v) is 15.3. The maximum atomic E-state index is 14.5. The number of Topliss-reactive ketones (excluding diaryl/α,β-unsaturated/α-hetero) is 1. The number of methoxy groups -OCH3 is 1. The van der Waals surface area contributed by atoms with Crippen LogP contribution in [0.3, 0.4) is 0 Å². The molecule has 3 unspecified atom stereocenters. The Morgan fingerprint density at radius 1 is 1.02 bits per heavy atom. The molecule has 3 rings (SSSR count). The van der Waals surface area contributed by atoms with E-state index >= 15 is 0 Å². The number of urea groups is 1. The molecule has 0 bridgehead atoms. The second kappa shape index (κ2) is 14.5. The molecule has 1 saturated heterocycles. The molecular weight excluding hydrogens is 619 g/mol. The zero-order chi connectivity index (χ0) is 35.5. The van der Waals surface area contributed by atoms with E-state index in [0.29, 0.717) is 12.8 Å². The molecule has 0 aromatic carbocycles. The highest BCUT2D eigenvalue weighted by molar-refractivity contribution is 6.38. The van der Waals surface area contributed by atoms with Gasteiger partial charge in [-0.15, -0.1) is 6.58 Å². The molecule has 1 aliphatic heterocycles. The SMILES string of the molecule is C=CCNC(=O)C(=O)C(CCC(F)(F)F)NC(=O)[C@@H]1C2C(CN1C(=O)[C@@H](NC(=O)N[C@H](COC)C(C)(C)C)C1(C)CCCC1)C2(C)C. The van der Waals surface area contributed by atoms with Crippen molar-refractivity contribution in [1.82, 2.24) is 26.2 Å². The van der Waals surface area contributed by atoms with Crippen LogP contribution < -0.4 is 21.3 Å². The zero-order valence-corrected chi connectivity index (χ0v) is 28.6. The van der Waals surface area contributed by atoms with Gasteiger partial charge in [0.1, 0.15) is 12.1 Å². The van der Waals surface area contributed by atoms with Crippen molar-refractivity contribution < 1.29 is 41.9 Å². The summed E-state index contributed by atoms with van der Waals surface area (Å²) >= 11 is 0. The third-order valence-corrected chi connectivity index (χ3v) is 10.4. The number of hydrogen-bond acceptors (Lipinski definition) is 6. The highest BCUT2D eigenvalue weighted by Gasteiger charge is 2.70. The lowest BCUT2D eigenvalue weighted by atomic mass is 9.79. The average molecular weight is 672 g/mol. The first-order chi connectivity index (χ1) is 21.7. The number of nitrogens with zero attached hydrogens (tertiary/aromatic N) is 1. The van der Waals surface area contributed by atoms with Crippen LogP contribution in [0.25, 0.3) is 0 Å². The fourth-order valence-electron chi connectivity index (χ4n) is 7.23. The van der Waals surface area contributed by atoms with E-state index in [1.54, 1.807) is 0 Å². The van der Waals surface area contributed by atoms with Crippen LogP contribution in [0.5, 0.6) is 0 Å². The van der Waals surface area contributed by atoms with Crippen molar-refractivity contribution in [2.24, 2.45) is 28.1 Å². The van der Waals surface area contributed by atoms with E-state index in [1.165, 1.54) is 18.1 Å². The summed E-state index contributed by atoms with van der Waals surface area (Å²) in [6, 6.07) is -4.77. The number of halogens is 3. The van der Waals surface area contributed by atoms with E-state index < -0.39 is 72.1 Å². The minimum atomic E-state index is -4.63. The van der Waals surface area contributed by atoms with Gasteiger partial charge < -0.3 is 30.9 Å². The Labute approximate surface area is 275 Å². The van der Waals surface area contributed by atoms with Crippen LogP contribution in [0.4, 0.5) is 18.0 Å². The number of rotatable bonds is 14. The van der Waals surface area contributed by atoms with Crippen molar-refractivity contribution in [2.75, 3.05) is 26.8 Å². The molecule has 3 aliphatic rings. The molecule has 6 atom stereocenters. The molecule has 2 saturated carbocycles. The van der Waals surface area contributed by atoms with Crippen LogP contribution in [0.2, 0.25) is 0 Å². The molecule has 3 fully saturated rings. The van der Waals surface area contributed by atoms with Gasteiger partial charge in [0.25, 0.3) is 5.91 Å². The van der Waals surface area contributed by atoms with Gasteiger partial charge in [-0.2, -0.15) is 13.2 Å². The van der Waals surface area contributed by atoms with Gasteiger partial charge in [0.2, 0.25) is 17.6 Å². The normalized spacial score (nSPS) is 24.7. The molecule has 14 heteroatoms. The van der Waals surface area contributed by atoms with Crippen molar-refractivity contribution in [3.63, 3.8) is 0 Å². The third-order valence-electron chi connectivity index (χ3n) is 10.4. The summed E-state index contributed by atoms with van der Waals surface area (Å²) < 4.78 is 44.9. The topological polar surface area (TPSA) is 146 Å². The largest absolute Gasteiger partial charge is 0.389 e. The third kappa shape index (κ3) is 9.05. The summed E-state index contributed by atoms with van der Waals surface area (Å²) in [7, 11) is 1.53. The fraction of sp³-hybridized carbons (Fsp3) is 0.788. The molecule has 0 spiro atoms. The Balaban J connectivity index is 1.90. The minimum absolute atomic E-state index is 0.0692. The number of nitrogens with one attached hydrogen (secondary N) is 4. The van der Waals surface area contributed by atoms with Crippen LogP contribution in [-0.2, 0) is 23.9 Å². The predicted molar refractivity (Wildman–Crippen MR) is 169 cm³/mol. The first kappa shape index (κ1) is 38.3. The van der Waals surface area contributed by atoms with Crippen molar-refractivity contribution in [2.45, 2.75) is 110 Å². The van der Waals surface area contributed by atoms with Crippen LogP contribution in [0.15, 0.2) is 12.7 Å². The standard InChI is InChI=1S/C33H52F3N5O6/c1-9-16-37-27(44)24(42)20(12-15-33(34,35)36)38-26(43)23-22-19(31(22,5)6)17-41(23)28(45)25(32(7)13-10-11-14-32)40-29(46)39-21(18-47-8)30(2,3)4/h9,19-23,25H,1,10-18H2,2-8H3,(H,37,44)(H,38,43)(H2,39,40,46)/t19?,20?,21-,22?,23+,25-/m1/s1. The number of amides is 5. The number of ketones is 1. The maximum absolute atomic E-state index is 14.5. The Morgan fingerprint density at radius 3 is 2.17 bits per heavy atom. The van der Waals surface area contributed by atoms with E-state index in [-0.39, 0.29) is 48.4 Å². The monoisotopic (exact) mass is 671 g/mol. The lowest BCUT2D eigenvalue weighted by Gasteiger charge is -2.40. The molecular formula is C33H52F3N5O6. The number of likely N-dealkylation sites (tertiary alicyclic amines) is 1. The Bertz CT molecular complexity index is 1210. The fourth-order valence-corrected chi connectivity index (χ4v) is 7.23. The van der Waals surface area contributed by atoms with Crippen LogP contribution >= 0.6 is 0 Å². The van der Waals surface area contributed by atoms with Crippen molar-refractivity contribution in [3.8, 4) is 0 Å². The quantitative estimate of drug-likeness (QED) is 0.164. The smallest absolute Gasteiger partial charge is 0.383 e. The number of carbonyl (C=O) groups is 5. The van der Waals surface area contributed by atoms with E-state index in [4.69, 9.17) is 4.74 Å². The van der Waals surface area contributed by atoms with Gasteiger partial charge >= 0.3 is 12.2 Å². The Morgan fingerprint density at radius 2 is 1.64 bits per heavy atom. The maximum Gasteiger partial charge on any atom is 0.389 e. The van der Waals surface area contributed by atoms with Crippen LogP contribution in [0, 0.1) is 28.1 Å². The van der Waals surface area contributed by atoms with Gasteiger partial charge in [-0.25, -0.2) is 4.79 Å². The number of piperidine rings is 1. The van der Waals surface area contributed by atoms with Gasteiger partial charge in [-0.3, -0.25) is 19.2 Å². The van der Waals surface area contributed by atoms with Crippen LogP contribution in [0.1, 0.15) is 80.1 Å². The van der Waals surface area contributed by atoms with E-state index in [1.807, 2.05) is 41.5 Å². The molecule has 0 aromatic heterocycles. The van der Waals surface area contributed by atoms with Crippen LogP contribution in [-0.4, -0.2) is 91.6 Å². The van der Waals surface area contributed by atoms with Crippen molar-refractivity contribution in [1.29, 1.82) is 0 Å². The summed E-state index contributed by atoms with van der Waals surface area (Å²) in [4.78, 5) is 68.6. The van der Waals surface area contributed by atoms with Gasteiger partial charge in [0.15, 0.2) is 0 Å². The second-order valence-electron chi connectivity index (χ2n) is 15.3. The summed E-state index contributed by atoms with van der Waals surface area (Å²) in [6.07, 6.45) is -2.52. The number of ether oxygens (including phenoxy) is 1. The summed E-state index contributed by atoms with van der Waals surface area (Å²) in [5.74, 6) is -4.02. The molecule has 1 heterocycles. The summed E-state index contributed by atoms with van der Waals surface area (Å²) in [5.41, 5.74) is -1.30. The highest BCUT2D eigenvalue weighted by atomic mass is 19.4. The molecule has 4 N–H and O–H groups in total. The van der Waals surface area contributed by atoms with Gasteiger partial charge in [0, 0.05) is 26.6 Å². The molecule has 47 heavy (non-hydrogen) atoms. The number of fused-ring (bicyclic) bond motifs is 1. The van der Waals surface area contributed by atoms with Crippen molar-refractivity contribution in [3.05, 3.63) is 12.7 Å². The number of hydrogen-bond donors (Lipinski definition) is 4. The first-order valence-corrected chi connectivity index (χ1v) is 16.3. The van der Waals surface area contributed by atoms with Crippen molar-refractivity contribution >= 4 is 29.5 Å². The van der Waals surface area contributed by atoms with Gasteiger partial charge in [-0.05, 0) is 47.3 Å². The molecule has 2 aliphatic carbocycles. The molecule has 266 valence electrons. The van der Waals surface area contributed by atoms with E-state index in [2.05, 4.69) is 27.8 Å². The Hall–Kier alpha value is -3.16. The number of alkyl halides is 3. The minimum Gasteiger partial charge on any atom is -0.383 e. The summed E-state index contributed by atoms with van der Waals surface area (Å²) in [5, 5.41) is 10.5. The van der Waals surface area contributed by atoms with E-state index in [0.717, 1.165) is 12.8 Å². The lowest BCUT2D eigenvalue weighted by molar-refractivity contribution is -0.148.